The summed E-state index contributed by atoms with van der Waals surface area (Å²) in [5.74, 6) is 0.600. The standard InChI is InChI=1S/C30H48O2S2/c1-8-9-12-19-27(33)34-21-16-11-15-20-28(2,3)22-25(24-17-13-10-14-18-24)30(6,7)29(4,5)23-26(31)32/h10-11,13-15,17-18,25H,8-9,12,16,19-23H2,1-7H3,(H,31,32)/b15-11+. The first kappa shape index (κ1) is 30.9. The van der Waals surface area contributed by atoms with Crippen LogP contribution in [0.2, 0.25) is 0 Å². The molecule has 0 aliphatic carbocycles. The van der Waals surface area contributed by atoms with Crippen molar-refractivity contribution in [1.82, 2.24) is 0 Å². The molecule has 0 saturated heterocycles. The molecule has 0 radical (unpaired) electrons. The smallest absolute Gasteiger partial charge is 0.303 e. The number of aliphatic carboxylic acids is 1. The molecular formula is C30H48O2S2. The van der Waals surface area contributed by atoms with Crippen LogP contribution in [0, 0.1) is 16.2 Å². The summed E-state index contributed by atoms with van der Waals surface area (Å²) < 4.78 is 1.15. The molecule has 1 aromatic rings. The van der Waals surface area contributed by atoms with E-state index in [2.05, 4.69) is 91.0 Å². The minimum Gasteiger partial charge on any atom is -0.481 e. The van der Waals surface area contributed by atoms with Gasteiger partial charge in [-0.25, -0.2) is 0 Å². The number of carboxylic acids is 1. The van der Waals surface area contributed by atoms with Crippen LogP contribution in [-0.4, -0.2) is 21.0 Å². The summed E-state index contributed by atoms with van der Waals surface area (Å²) >= 11 is 7.33. The maximum Gasteiger partial charge on any atom is 0.303 e. The van der Waals surface area contributed by atoms with Crippen LogP contribution in [0.1, 0.15) is 111 Å². The molecule has 0 spiro atoms. The topological polar surface area (TPSA) is 37.3 Å². The highest BCUT2D eigenvalue weighted by molar-refractivity contribution is 8.23. The second-order valence-corrected chi connectivity index (χ2v) is 13.6. The van der Waals surface area contributed by atoms with E-state index in [9.17, 15) is 9.90 Å². The highest BCUT2D eigenvalue weighted by atomic mass is 32.2. The van der Waals surface area contributed by atoms with Gasteiger partial charge < -0.3 is 5.11 Å². The molecule has 0 fully saturated rings. The molecule has 0 amide bonds. The number of allylic oxidation sites excluding steroid dienone is 2. The van der Waals surface area contributed by atoms with Crippen molar-refractivity contribution in [2.45, 2.75) is 106 Å². The lowest BCUT2D eigenvalue weighted by molar-refractivity contribution is -0.141. The molecule has 1 unspecified atom stereocenters. The zero-order chi connectivity index (χ0) is 25.8. The average molecular weight is 505 g/mol. The van der Waals surface area contributed by atoms with E-state index in [1.54, 1.807) is 0 Å². The number of carboxylic acid groups (broad SMARTS) is 1. The fraction of sp³-hybridized carbons (Fsp3) is 0.667. The first-order chi connectivity index (χ1) is 15.8. The fourth-order valence-corrected chi connectivity index (χ4v) is 5.71. The predicted octanol–water partition coefficient (Wildman–Crippen LogP) is 9.69. The number of thioether (sulfide) groups is 1. The van der Waals surface area contributed by atoms with Gasteiger partial charge in [0.2, 0.25) is 0 Å². The Labute approximate surface area is 219 Å². The monoisotopic (exact) mass is 504 g/mol. The molecule has 0 saturated carbocycles. The predicted molar refractivity (Wildman–Crippen MR) is 155 cm³/mol. The lowest BCUT2D eigenvalue weighted by Gasteiger charge is -2.49. The Bertz CT molecular complexity index is 778. The zero-order valence-electron chi connectivity index (χ0n) is 22.7. The van der Waals surface area contributed by atoms with Gasteiger partial charge >= 0.3 is 5.97 Å². The van der Waals surface area contributed by atoms with Crippen molar-refractivity contribution < 1.29 is 9.90 Å². The molecule has 192 valence electrons. The number of rotatable bonds is 16. The van der Waals surface area contributed by atoms with Crippen LogP contribution in [0.5, 0.6) is 0 Å². The van der Waals surface area contributed by atoms with Crippen LogP contribution in [0.3, 0.4) is 0 Å². The number of unbranched alkanes of at least 4 members (excludes halogenated alkanes) is 2. The van der Waals surface area contributed by atoms with Crippen LogP contribution in [-0.2, 0) is 4.79 Å². The van der Waals surface area contributed by atoms with Crippen molar-refractivity contribution in [3.8, 4) is 0 Å². The van der Waals surface area contributed by atoms with E-state index >= 15 is 0 Å². The van der Waals surface area contributed by atoms with Crippen LogP contribution >= 0.6 is 24.0 Å². The van der Waals surface area contributed by atoms with E-state index in [0.29, 0.717) is 0 Å². The van der Waals surface area contributed by atoms with Gasteiger partial charge in [0.15, 0.2) is 0 Å². The summed E-state index contributed by atoms with van der Waals surface area (Å²) in [5, 5.41) is 9.55. The van der Waals surface area contributed by atoms with Gasteiger partial charge in [0.25, 0.3) is 0 Å². The minimum atomic E-state index is -0.727. The van der Waals surface area contributed by atoms with Gasteiger partial charge in [-0.05, 0) is 59.8 Å². The van der Waals surface area contributed by atoms with Crippen molar-refractivity contribution >= 4 is 34.1 Å². The van der Waals surface area contributed by atoms with Gasteiger partial charge in [-0.15, -0.1) is 11.8 Å². The first-order valence-corrected chi connectivity index (χ1v) is 14.3. The average Bonchev–Trinajstić information content (AvgIpc) is 2.74. The summed E-state index contributed by atoms with van der Waals surface area (Å²) in [6.07, 6.45) is 12.7. The van der Waals surface area contributed by atoms with Crippen molar-refractivity contribution in [2.24, 2.45) is 16.2 Å². The van der Waals surface area contributed by atoms with Crippen molar-refractivity contribution in [2.75, 3.05) is 5.75 Å². The van der Waals surface area contributed by atoms with Crippen LogP contribution in [0.4, 0.5) is 0 Å². The second-order valence-electron chi connectivity index (χ2n) is 11.6. The number of thiocarbonyl (C=S) groups is 1. The number of carbonyl (C=O) groups is 1. The Hall–Kier alpha value is -1.13. The van der Waals surface area contributed by atoms with Gasteiger partial charge in [-0.2, -0.15) is 0 Å². The Morgan fingerprint density at radius 1 is 1.06 bits per heavy atom. The van der Waals surface area contributed by atoms with Crippen LogP contribution < -0.4 is 0 Å². The first-order valence-electron chi connectivity index (χ1n) is 12.9. The molecule has 0 aliphatic rings. The van der Waals surface area contributed by atoms with E-state index in [4.69, 9.17) is 12.2 Å². The summed E-state index contributed by atoms with van der Waals surface area (Å²) in [6, 6.07) is 10.7. The van der Waals surface area contributed by atoms with Gasteiger partial charge in [0, 0.05) is 9.95 Å². The zero-order valence-corrected chi connectivity index (χ0v) is 24.3. The molecule has 0 heterocycles. The largest absolute Gasteiger partial charge is 0.481 e. The minimum absolute atomic E-state index is 0.107. The third-order valence-corrected chi connectivity index (χ3v) is 9.06. The Balaban J connectivity index is 2.81. The van der Waals surface area contributed by atoms with E-state index < -0.39 is 5.97 Å². The molecule has 0 aromatic heterocycles. The molecule has 2 nitrogen and oxygen atoms in total. The van der Waals surface area contributed by atoms with E-state index in [-0.39, 0.29) is 28.6 Å². The Kier molecular flexibility index (Phi) is 13.1. The van der Waals surface area contributed by atoms with Crippen LogP contribution in [0.25, 0.3) is 0 Å². The summed E-state index contributed by atoms with van der Waals surface area (Å²) in [4.78, 5) is 11.6. The molecule has 0 bridgehead atoms. The number of hydrogen-bond donors (Lipinski definition) is 1. The molecule has 1 atom stereocenters. The van der Waals surface area contributed by atoms with Crippen molar-refractivity contribution in [1.29, 1.82) is 0 Å². The molecule has 0 aliphatic heterocycles. The molecule has 1 N–H and O–H groups in total. The summed E-state index contributed by atoms with van der Waals surface area (Å²) in [5.41, 5.74) is 0.891. The molecule has 34 heavy (non-hydrogen) atoms. The van der Waals surface area contributed by atoms with Crippen molar-refractivity contribution in [3.63, 3.8) is 0 Å². The maximum atomic E-state index is 11.6. The van der Waals surface area contributed by atoms with Gasteiger partial charge in [-0.3, -0.25) is 4.79 Å². The summed E-state index contributed by atoms with van der Waals surface area (Å²) in [6.45, 7) is 15.6. The third kappa shape index (κ3) is 10.6. The van der Waals surface area contributed by atoms with Gasteiger partial charge in [0.1, 0.15) is 0 Å². The Morgan fingerprint density at radius 2 is 1.71 bits per heavy atom. The highest BCUT2D eigenvalue weighted by Crippen LogP contribution is 2.54. The van der Waals surface area contributed by atoms with Crippen molar-refractivity contribution in [3.05, 3.63) is 48.0 Å². The lowest BCUT2D eigenvalue weighted by Crippen LogP contribution is -2.41. The van der Waals surface area contributed by atoms with Gasteiger partial charge in [-0.1, -0.05) is 116 Å². The van der Waals surface area contributed by atoms with E-state index in [1.165, 1.54) is 24.8 Å². The van der Waals surface area contributed by atoms with Gasteiger partial charge in [0.05, 0.1) is 6.42 Å². The molecule has 4 heteroatoms. The normalized spacial score (nSPS) is 13.9. The summed E-state index contributed by atoms with van der Waals surface area (Å²) in [7, 11) is 0. The van der Waals surface area contributed by atoms with E-state index in [0.717, 1.165) is 35.6 Å². The number of benzene rings is 1. The highest BCUT2D eigenvalue weighted by Gasteiger charge is 2.46. The van der Waals surface area contributed by atoms with Crippen LogP contribution in [0.15, 0.2) is 42.5 Å². The number of hydrogen-bond acceptors (Lipinski definition) is 3. The maximum absolute atomic E-state index is 11.6. The Morgan fingerprint density at radius 3 is 2.29 bits per heavy atom. The fourth-order valence-electron chi connectivity index (χ4n) is 4.54. The third-order valence-electron chi connectivity index (χ3n) is 7.54. The second kappa shape index (κ2) is 14.4. The lowest BCUT2D eigenvalue weighted by atomic mass is 9.55. The molecule has 1 aromatic carbocycles. The quantitative estimate of drug-likeness (QED) is 0.138. The van der Waals surface area contributed by atoms with E-state index in [1.807, 2.05) is 11.8 Å². The molecular weight excluding hydrogens is 456 g/mol. The molecule has 1 rings (SSSR count). The SMILES string of the molecule is CCCCCC(=S)SCC/C=C/CC(C)(C)CC(c1ccccc1)C(C)(C)C(C)(C)CC(=O)O.